The fourth-order valence-electron chi connectivity index (χ4n) is 3.69. The molecule has 0 spiro atoms. The van der Waals surface area contributed by atoms with Gasteiger partial charge in [-0.2, -0.15) is 0 Å². The number of aliphatic hydroxyl groups excluding tert-OH is 1. The zero-order valence-corrected chi connectivity index (χ0v) is 16.4. The van der Waals surface area contributed by atoms with Crippen LogP contribution in [0.3, 0.4) is 0 Å². The summed E-state index contributed by atoms with van der Waals surface area (Å²) in [6.45, 7) is 1.93. The minimum atomic E-state index is -0.609. The lowest BCUT2D eigenvalue weighted by molar-refractivity contribution is -0.117. The van der Waals surface area contributed by atoms with Crippen molar-refractivity contribution >= 4 is 12.0 Å². The van der Waals surface area contributed by atoms with Crippen molar-refractivity contribution in [2.24, 2.45) is 0 Å². The number of ether oxygens (including phenoxy) is 1. The normalized spacial score (nSPS) is 18.0. The van der Waals surface area contributed by atoms with Gasteiger partial charge in [0.15, 0.2) is 0 Å². The van der Waals surface area contributed by atoms with E-state index in [4.69, 9.17) is 4.74 Å². The number of rotatable bonds is 5. The van der Waals surface area contributed by atoms with E-state index in [9.17, 15) is 9.90 Å². The standard InChI is InChI=1S/C23H23N3O3/c1-15-13-26(14-24-15)19-9-7-16(11-21(19)29-2)8-10-22(28)25-23-18-6-4-3-5-17(18)12-20(23)27/h3-11,13-14,20,23,27H,12H2,1-2H3,(H,25,28)/t20?,23-/m1/s1. The van der Waals surface area contributed by atoms with Crippen molar-refractivity contribution in [3.8, 4) is 11.4 Å². The van der Waals surface area contributed by atoms with Gasteiger partial charge in [0.25, 0.3) is 0 Å². The van der Waals surface area contributed by atoms with E-state index < -0.39 is 6.10 Å². The summed E-state index contributed by atoms with van der Waals surface area (Å²) in [6.07, 6.45) is 6.81. The first kappa shape index (κ1) is 19.0. The molecular formula is C23H23N3O3. The van der Waals surface area contributed by atoms with Gasteiger partial charge in [-0.3, -0.25) is 4.79 Å². The van der Waals surface area contributed by atoms with Crippen LogP contribution in [0.5, 0.6) is 5.75 Å². The largest absolute Gasteiger partial charge is 0.495 e. The minimum Gasteiger partial charge on any atom is -0.495 e. The fraction of sp³-hybridized carbons (Fsp3) is 0.217. The lowest BCUT2D eigenvalue weighted by Gasteiger charge is -2.16. The van der Waals surface area contributed by atoms with Crippen molar-refractivity contribution in [1.29, 1.82) is 0 Å². The fourth-order valence-corrected chi connectivity index (χ4v) is 3.69. The first-order valence-electron chi connectivity index (χ1n) is 9.48. The van der Waals surface area contributed by atoms with Gasteiger partial charge in [0, 0.05) is 18.7 Å². The number of aryl methyl sites for hydroxylation is 1. The van der Waals surface area contributed by atoms with Gasteiger partial charge < -0.3 is 19.7 Å². The molecule has 29 heavy (non-hydrogen) atoms. The van der Waals surface area contributed by atoms with E-state index in [1.807, 2.05) is 60.2 Å². The van der Waals surface area contributed by atoms with Crippen LogP contribution in [0.25, 0.3) is 11.8 Å². The van der Waals surface area contributed by atoms with Crippen LogP contribution < -0.4 is 10.1 Å². The highest BCUT2D eigenvalue weighted by Crippen LogP contribution is 2.31. The Balaban J connectivity index is 1.48. The maximum absolute atomic E-state index is 12.4. The Kier molecular flexibility index (Phi) is 5.18. The molecule has 1 amide bonds. The van der Waals surface area contributed by atoms with Crippen molar-refractivity contribution < 1.29 is 14.6 Å². The Bertz CT molecular complexity index is 1070. The molecule has 0 radical (unpaired) electrons. The molecule has 6 nitrogen and oxygen atoms in total. The van der Waals surface area contributed by atoms with E-state index in [0.29, 0.717) is 12.2 Å². The number of hydrogen-bond acceptors (Lipinski definition) is 4. The van der Waals surface area contributed by atoms with Crippen LogP contribution in [0.4, 0.5) is 0 Å². The van der Waals surface area contributed by atoms with Crippen molar-refractivity contribution in [2.75, 3.05) is 7.11 Å². The van der Waals surface area contributed by atoms with Gasteiger partial charge in [0.2, 0.25) is 5.91 Å². The number of benzene rings is 2. The van der Waals surface area contributed by atoms with E-state index in [0.717, 1.165) is 28.1 Å². The number of imidazole rings is 1. The summed E-state index contributed by atoms with van der Waals surface area (Å²) >= 11 is 0. The second-order valence-electron chi connectivity index (χ2n) is 7.14. The van der Waals surface area contributed by atoms with E-state index >= 15 is 0 Å². The second kappa shape index (κ2) is 7.93. The van der Waals surface area contributed by atoms with Crippen LogP contribution in [0.1, 0.15) is 28.4 Å². The molecule has 4 rings (SSSR count). The molecule has 0 saturated heterocycles. The first-order valence-corrected chi connectivity index (χ1v) is 9.48. The summed E-state index contributed by atoms with van der Waals surface area (Å²) in [5.74, 6) is 0.434. The quantitative estimate of drug-likeness (QED) is 0.658. The molecular weight excluding hydrogens is 366 g/mol. The summed E-state index contributed by atoms with van der Waals surface area (Å²) in [5, 5.41) is 13.2. The minimum absolute atomic E-state index is 0.251. The average Bonchev–Trinajstić information content (AvgIpc) is 3.29. The highest BCUT2D eigenvalue weighted by molar-refractivity contribution is 5.92. The number of amides is 1. The lowest BCUT2D eigenvalue weighted by Crippen LogP contribution is -2.32. The summed E-state index contributed by atoms with van der Waals surface area (Å²) in [5.41, 5.74) is 4.68. The SMILES string of the molecule is COc1cc(C=CC(=O)N[C@@H]2c3ccccc3CC2O)ccc1-n1cnc(C)c1. The Hall–Kier alpha value is -3.38. The molecule has 1 aromatic heterocycles. The maximum Gasteiger partial charge on any atom is 0.244 e. The molecule has 0 bridgehead atoms. The summed E-state index contributed by atoms with van der Waals surface area (Å²) in [6, 6.07) is 13.1. The summed E-state index contributed by atoms with van der Waals surface area (Å²) in [4.78, 5) is 16.7. The van der Waals surface area contributed by atoms with Crippen LogP contribution in [-0.4, -0.2) is 33.8 Å². The summed E-state index contributed by atoms with van der Waals surface area (Å²) in [7, 11) is 1.61. The molecule has 1 aliphatic carbocycles. The van der Waals surface area contributed by atoms with Gasteiger partial charge >= 0.3 is 0 Å². The van der Waals surface area contributed by atoms with E-state index in [-0.39, 0.29) is 11.9 Å². The number of nitrogens with one attached hydrogen (secondary N) is 1. The molecule has 0 saturated carbocycles. The van der Waals surface area contributed by atoms with Gasteiger partial charge in [0.05, 0.1) is 37.0 Å². The van der Waals surface area contributed by atoms with Crippen LogP contribution >= 0.6 is 0 Å². The molecule has 1 heterocycles. The van der Waals surface area contributed by atoms with Crippen LogP contribution in [-0.2, 0) is 11.2 Å². The first-order chi connectivity index (χ1) is 14.0. The van der Waals surface area contributed by atoms with Crippen LogP contribution in [0.15, 0.2) is 61.1 Å². The van der Waals surface area contributed by atoms with Gasteiger partial charge in [-0.15, -0.1) is 0 Å². The second-order valence-corrected chi connectivity index (χ2v) is 7.14. The van der Waals surface area contributed by atoms with Crippen molar-refractivity contribution in [3.63, 3.8) is 0 Å². The molecule has 1 unspecified atom stereocenters. The number of aliphatic hydroxyl groups is 1. The van der Waals surface area contributed by atoms with Gasteiger partial charge in [-0.25, -0.2) is 4.98 Å². The Labute approximate surface area is 169 Å². The zero-order chi connectivity index (χ0) is 20.4. The van der Waals surface area contributed by atoms with Gasteiger partial charge in [0.1, 0.15) is 5.75 Å². The zero-order valence-electron chi connectivity index (χ0n) is 16.4. The molecule has 0 aliphatic heterocycles. The lowest BCUT2D eigenvalue weighted by atomic mass is 10.1. The number of fused-ring (bicyclic) bond motifs is 1. The third kappa shape index (κ3) is 3.93. The number of carbonyl (C=O) groups excluding carboxylic acids is 1. The average molecular weight is 389 g/mol. The molecule has 2 N–H and O–H groups in total. The Morgan fingerprint density at radius 3 is 2.90 bits per heavy atom. The third-order valence-corrected chi connectivity index (χ3v) is 5.12. The molecule has 2 atom stereocenters. The van der Waals surface area contributed by atoms with Gasteiger partial charge in [-0.1, -0.05) is 30.3 Å². The smallest absolute Gasteiger partial charge is 0.244 e. The van der Waals surface area contributed by atoms with E-state index in [1.165, 1.54) is 6.08 Å². The maximum atomic E-state index is 12.4. The highest BCUT2D eigenvalue weighted by Gasteiger charge is 2.31. The topological polar surface area (TPSA) is 76.4 Å². The number of aromatic nitrogens is 2. The summed E-state index contributed by atoms with van der Waals surface area (Å²) < 4.78 is 7.40. The molecule has 0 fully saturated rings. The van der Waals surface area contributed by atoms with Crippen LogP contribution in [0.2, 0.25) is 0 Å². The van der Waals surface area contributed by atoms with Crippen LogP contribution in [0, 0.1) is 6.92 Å². The molecule has 2 aromatic carbocycles. The highest BCUT2D eigenvalue weighted by atomic mass is 16.5. The molecule has 1 aliphatic rings. The monoisotopic (exact) mass is 389 g/mol. The van der Waals surface area contributed by atoms with Crippen molar-refractivity contribution in [1.82, 2.24) is 14.9 Å². The number of carbonyl (C=O) groups is 1. The van der Waals surface area contributed by atoms with Crippen molar-refractivity contribution in [2.45, 2.75) is 25.5 Å². The Morgan fingerprint density at radius 2 is 2.14 bits per heavy atom. The predicted octanol–water partition coefficient (Wildman–Crippen LogP) is 2.98. The molecule has 6 heteroatoms. The van der Waals surface area contributed by atoms with Gasteiger partial charge in [-0.05, 0) is 41.8 Å². The van der Waals surface area contributed by atoms with Crippen molar-refractivity contribution in [3.05, 3.63) is 83.4 Å². The molecule has 3 aromatic rings. The van der Waals surface area contributed by atoms with E-state index in [2.05, 4.69) is 10.3 Å². The number of methoxy groups -OCH3 is 1. The number of nitrogens with zero attached hydrogens (tertiary/aromatic N) is 2. The Morgan fingerprint density at radius 1 is 1.31 bits per heavy atom. The van der Waals surface area contributed by atoms with E-state index in [1.54, 1.807) is 19.5 Å². The predicted molar refractivity (Wildman–Crippen MR) is 111 cm³/mol. The number of hydrogen-bond donors (Lipinski definition) is 2. The third-order valence-electron chi connectivity index (χ3n) is 5.12. The molecule has 148 valence electrons.